The van der Waals surface area contributed by atoms with Crippen molar-refractivity contribution in [3.8, 4) is 34.2 Å². The van der Waals surface area contributed by atoms with E-state index in [1.165, 1.54) is 0 Å². The van der Waals surface area contributed by atoms with Gasteiger partial charge in [0.15, 0.2) is 11.3 Å². The topological polar surface area (TPSA) is 90.9 Å². The van der Waals surface area contributed by atoms with Crippen molar-refractivity contribution in [3.63, 3.8) is 0 Å². The molecular weight excluding hydrogens is 502 g/mol. The Labute approximate surface area is 221 Å². The number of aryl methyl sites for hydroxylation is 2. The van der Waals surface area contributed by atoms with Gasteiger partial charge in [0.1, 0.15) is 21.8 Å². The lowest BCUT2D eigenvalue weighted by Crippen LogP contribution is -2.25. The molecule has 0 fully saturated rings. The monoisotopic (exact) mass is 525 g/mol. The van der Waals surface area contributed by atoms with Crippen molar-refractivity contribution in [2.75, 3.05) is 14.2 Å². The Hall–Kier alpha value is -4.43. The van der Waals surface area contributed by atoms with E-state index in [9.17, 15) is 14.7 Å². The lowest BCUT2D eigenvalue weighted by Gasteiger charge is -2.25. The molecule has 8 heteroatoms. The molecule has 1 aliphatic carbocycles. The summed E-state index contributed by atoms with van der Waals surface area (Å²) in [4.78, 5) is 28.0. The summed E-state index contributed by atoms with van der Waals surface area (Å²) in [6, 6.07) is 22.1. The molecule has 0 amide bonds. The summed E-state index contributed by atoms with van der Waals surface area (Å²) >= 11 is 1.03. The maximum absolute atomic E-state index is 14.2. The highest BCUT2D eigenvalue weighted by Gasteiger charge is 2.30. The van der Waals surface area contributed by atoms with Crippen LogP contribution in [0, 0.1) is 0 Å². The standard InChI is InChI=1S/C30H23NO6S/c1-35-19-9-6-10-21(15-19)38-28-26(32)24-27(37-30(28)34)22-14-12-17-11-13-20(36-2)16-23(17)25(22)31(29(24)33)18-7-4-3-5-8-18/h3-11,13,15-16,32H,12,14H2,1-2H3. The van der Waals surface area contributed by atoms with E-state index in [-0.39, 0.29) is 15.9 Å². The molecule has 0 radical (unpaired) electrons. The van der Waals surface area contributed by atoms with E-state index >= 15 is 0 Å². The van der Waals surface area contributed by atoms with Crippen LogP contribution in [-0.4, -0.2) is 23.9 Å². The van der Waals surface area contributed by atoms with Crippen LogP contribution in [0.1, 0.15) is 11.1 Å². The second kappa shape index (κ2) is 9.46. The molecule has 0 spiro atoms. The van der Waals surface area contributed by atoms with E-state index in [1.54, 1.807) is 43.1 Å². The molecule has 7 nitrogen and oxygen atoms in total. The average Bonchev–Trinajstić information content (AvgIpc) is 2.95. The predicted molar refractivity (Wildman–Crippen MR) is 146 cm³/mol. The van der Waals surface area contributed by atoms with Crippen LogP contribution in [0.2, 0.25) is 0 Å². The van der Waals surface area contributed by atoms with Gasteiger partial charge in [-0.05, 0) is 60.9 Å². The van der Waals surface area contributed by atoms with Gasteiger partial charge in [-0.3, -0.25) is 9.36 Å². The molecule has 0 unspecified atom stereocenters. The molecule has 2 heterocycles. The first-order valence-corrected chi connectivity index (χ1v) is 12.8. The van der Waals surface area contributed by atoms with E-state index in [4.69, 9.17) is 13.9 Å². The second-order valence-electron chi connectivity index (χ2n) is 8.88. The van der Waals surface area contributed by atoms with Crippen molar-refractivity contribution in [1.82, 2.24) is 4.57 Å². The van der Waals surface area contributed by atoms with Gasteiger partial charge in [-0.15, -0.1) is 0 Å². The maximum atomic E-state index is 14.2. The number of hydrogen-bond acceptors (Lipinski definition) is 7. The van der Waals surface area contributed by atoms with E-state index in [0.29, 0.717) is 46.2 Å². The molecule has 2 aromatic heterocycles. The number of aromatic hydroxyl groups is 1. The zero-order valence-corrected chi connectivity index (χ0v) is 21.5. The predicted octanol–water partition coefficient (Wildman–Crippen LogP) is 5.58. The molecule has 5 aromatic rings. The first kappa shape index (κ1) is 23.9. The van der Waals surface area contributed by atoms with Gasteiger partial charge >= 0.3 is 5.63 Å². The van der Waals surface area contributed by atoms with Crippen molar-refractivity contribution < 1.29 is 19.0 Å². The number of aromatic nitrogens is 1. The summed E-state index contributed by atoms with van der Waals surface area (Å²) in [5.74, 6) is 0.866. The van der Waals surface area contributed by atoms with Gasteiger partial charge in [0.05, 0.1) is 19.9 Å². The number of nitrogens with zero attached hydrogens (tertiary/aromatic N) is 1. The molecule has 3 aromatic carbocycles. The van der Waals surface area contributed by atoms with Crippen molar-refractivity contribution in [2.45, 2.75) is 22.6 Å². The van der Waals surface area contributed by atoms with Crippen LogP contribution in [0.5, 0.6) is 17.2 Å². The lowest BCUT2D eigenvalue weighted by molar-refractivity contribution is 0.413. The summed E-state index contributed by atoms with van der Waals surface area (Å²) in [6.45, 7) is 0. The van der Waals surface area contributed by atoms with Crippen molar-refractivity contribution in [2.24, 2.45) is 0 Å². The van der Waals surface area contributed by atoms with Crippen molar-refractivity contribution in [1.29, 1.82) is 0 Å². The minimum Gasteiger partial charge on any atom is -0.505 e. The molecule has 0 saturated heterocycles. The van der Waals surface area contributed by atoms with Gasteiger partial charge < -0.3 is 19.0 Å². The summed E-state index contributed by atoms with van der Waals surface area (Å²) in [5, 5.41) is 11.4. The average molecular weight is 526 g/mol. The smallest absolute Gasteiger partial charge is 0.354 e. The number of benzene rings is 3. The fourth-order valence-corrected chi connectivity index (χ4v) is 5.85. The zero-order chi connectivity index (χ0) is 26.4. The number of pyridine rings is 1. The van der Waals surface area contributed by atoms with Gasteiger partial charge in [0.25, 0.3) is 5.56 Å². The van der Waals surface area contributed by atoms with Crippen LogP contribution in [-0.2, 0) is 12.8 Å². The van der Waals surface area contributed by atoms with Crippen LogP contribution in [0.25, 0.3) is 27.9 Å². The van der Waals surface area contributed by atoms with Gasteiger partial charge in [-0.25, -0.2) is 4.79 Å². The second-order valence-corrected chi connectivity index (χ2v) is 9.96. The maximum Gasteiger partial charge on any atom is 0.354 e. The highest BCUT2D eigenvalue weighted by molar-refractivity contribution is 7.99. The first-order valence-electron chi connectivity index (χ1n) is 12.0. The zero-order valence-electron chi connectivity index (χ0n) is 20.7. The quantitative estimate of drug-likeness (QED) is 0.320. The molecular formula is C30H23NO6S. The molecule has 1 N–H and O–H groups in total. The molecule has 0 atom stereocenters. The Morgan fingerprint density at radius 3 is 2.42 bits per heavy atom. The van der Waals surface area contributed by atoms with Gasteiger partial charge in [-0.2, -0.15) is 0 Å². The third-order valence-electron chi connectivity index (χ3n) is 6.75. The molecule has 0 saturated carbocycles. The van der Waals surface area contributed by atoms with Crippen molar-refractivity contribution >= 4 is 22.7 Å². The highest BCUT2D eigenvalue weighted by Crippen LogP contribution is 2.42. The van der Waals surface area contributed by atoms with E-state index < -0.39 is 16.9 Å². The summed E-state index contributed by atoms with van der Waals surface area (Å²) in [5.41, 5.74) is 2.76. The highest BCUT2D eigenvalue weighted by atomic mass is 32.2. The summed E-state index contributed by atoms with van der Waals surface area (Å²) in [7, 11) is 3.14. The Bertz CT molecular complexity index is 1820. The van der Waals surface area contributed by atoms with Crippen LogP contribution < -0.4 is 20.7 Å². The van der Waals surface area contributed by atoms with Crippen LogP contribution in [0.15, 0.2) is 96.6 Å². The number of rotatable bonds is 5. The Morgan fingerprint density at radius 2 is 1.66 bits per heavy atom. The molecule has 38 heavy (non-hydrogen) atoms. The van der Waals surface area contributed by atoms with E-state index in [1.807, 2.05) is 48.5 Å². The Balaban J connectivity index is 1.68. The van der Waals surface area contributed by atoms with Crippen LogP contribution in [0.4, 0.5) is 0 Å². The third-order valence-corrected chi connectivity index (χ3v) is 7.81. The molecule has 190 valence electrons. The normalized spacial score (nSPS) is 12.2. The number of methoxy groups -OCH3 is 2. The van der Waals surface area contributed by atoms with Crippen molar-refractivity contribution in [3.05, 3.63) is 105 Å². The minimum absolute atomic E-state index is 0.0241. The van der Waals surface area contributed by atoms with Gasteiger partial charge in [0.2, 0.25) is 0 Å². The number of para-hydroxylation sites is 1. The number of fused-ring (bicyclic) bond motifs is 5. The summed E-state index contributed by atoms with van der Waals surface area (Å²) in [6.07, 6.45) is 1.21. The fraction of sp³-hybridized carbons (Fsp3) is 0.133. The molecule has 0 bridgehead atoms. The SMILES string of the molecule is COc1cccc(Sc2c(O)c3c(=O)n(-c4ccccc4)c4c(c3oc2=O)CCc2ccc(OC)cc2-4)c1. The number of hydrogen-bond donors (Lipinski definition) is 1. The number of ether oxygens (including phenoxy) is 2. The van der Waals surface area contributed by atoms with Gasteiger partial charge in [0, 0.05) is 21.7 Å². The first-order chi connectivity index (χ1) is 18.5. The molecule has 6 rings (SSSR count). The van der Waals surface area contributed by atoms with Crippen LogP contribution in [0.3, 0.4) is 0 Å². The third kappa shape index (κ3) is 3.85. The van der Waals surface area contributed by atoms with E-state index in [0.717, 1.165) is 22.9 Å². The Kier molecular flexibility index (Phi) is 5.96. The lowest BCUT2D eigenvalue weighted by atomic mass is 9.87. The Morgan fingerprint density at radius 1 is 0.895 bits per heavy atom. The van der Waals surface area contributed by atoms with E-state index in [2.05, 4.69) is 0 Å². The summed E-state index contributed by atoms with van der Waals surface area (Å²) < 4.78 is 18.2. The fourth-order valence-electron chi connectivity index (χ4n) is 4.97. The molecule has 1 aliphatic rings. The largest absolute Gasteiger partial charge is 0.505 e. The van der Waals surface area contributed by atoms with Crippen LogP contribution >= 0.6 is 11.8 Å². The molecule has 0 aliphatic heterocycles. The van der Waals surface area contributed by atoms with Gasteiger partial charge in [-0.1, -0.05) is 42.1 Å². The minimum atomic E-state index is -0.710.